The maximum Gasteiger partial charge on any atom is 0.142 e. The molecule has 1 aromatic carbocycles. The van der Waals surface area contributed by atoms with E-state index in [-0.39, 0.29) is 16.3 Å². The molecule has 1 aromatic rings. The minimum Gasteiger partial charge on any atom is -0.319 e. The van der Waals surface area contributed by atoms with Gasteiger partial charge in [-0.15, -0.1) is 0 Å². The van der Waals surface area contributed by atoms with Crippen molar-refractivity contribution >= 4 is 11.6 Å². The van der Waals surface area contributed by atoms with Gasteiger partial charge < -0.3 is 5.32 Å². The average molecular weight is 286 g/mol. The van der Waals surface area contributed by atoms with Crippen LogP contribution in [-0.2, 0) is 6.42 Å². The van der Waals surface area contributed by atoms with Crippen molar-refractivity contribution in [2.45, 2.75) is 46.0 Å². The van der Waals surface area contributed by atoms with Crippen LogP contribution in [-0.4, -0.2) is 13.6 Å². The van der Waals surface area contributed by atoms with Gasteiger partial charge in [0.25, 0.3) is 0 Å². The highest BCUT2D eigenvalue weighted by atomic mass is 35.5. The van der Waals surface area contributed by atoms with E-state index < -0.39 is 0 Å². The number of nitrogens with one attached hydrogen (secondary N) is 1. The van der Waals surface area contributed by atoms with Crippen molar-refractivity contribution in [3.63, 3.8) is 0 Å². The summed E-state index contributed by atoms with van der Waals surface area (Å²) < 4.78 is 13.5. The summed E-state index contributed by atoms with van der Waals surface area (Å²) in [6.45, 7) is 5.35. The van der Waals surface area contributed by atoms with Crippen LogP contribution in [0.1, 0.15) is 45.1 Å². The lowest BCUT2D eigenvalue weighted by atomic mass is 9.75. The summed E-state index contributed by atoms with van der Waals surface area (Å²) in [6.07, 6.45) is 5.43. The summed E-state index contributed by atoms with van der Waals surface area (Å²) in [5, 5.41) is 3.57. The first-order valence-corrected chi connectivity index (χ1v) is 7.54. The maximum atomic E-state index is 13.5. The zero-order valence-electron chi connectivity index (χ0n) is 12.2. The van der Waals surface area contributed by atoms with E-state index in [1.54, 1.807) is 6.07 Å². The van der Waals surface area contributed by atoms with Crippen molar-refractivity contribution in [3.8, 4) is 0 Å². The molecule has 0 fully saturated rings. The molecule has 0 amide bonds. The molecule has 0 saturated heterocycles. The van der Waals surface area contributed by atoms with E-state index in [1.807, 2.05) is 13.1 Å². The van der Waals surface area contributed by atoms with Gasteiger partial charge in [0.2, 0.25) is 0 Å². The van der Waals surface area contributed by atoms with Gasteiger partial charge in [-0.25, -0.2) is 4.39 Å². The second-order valence-electron chi connectivity index (χ2n) is 5.38. The highest BCUT2D eigenvalue weighted by Crippen LogP contribution is 2.35. The van der Waals surface area contributed by atoms with Crippen molar-refractivity contribution in [3.05, 3.63) is 34.6 Å². The normalized spacial score (nSPS) is 14.4. The topological polar surface area (TPSA) is 12.0 Å². The lowest BCUT2D eigenvalue weighted by molar-refractivity contribution is 0.234. The molecule has 0 aromatic heterocycles. The van der Waals surface area contributed by atoms with Gasteiger partial charge in [-0.2, -0.15) is 0 Å². The van der Waals surface area contributed by atoms with E-state index in [1.165, 1.54) is 18.9 Å². The van der Waals surface area contributed by atoms with E-state index in [0.29, 0.717) is 0 Å². The average Bonchev–Trinajstić information content (AvgIpc) is 2.41. The first kappa shape index (κ1) is 16.5. The van der Waals surface area contributed by atoms with Crippen LogP contribution in [0.15, 0.2) is 18.2 Å². The fraction of sp³-hybridized carbons (Fsp3) is 0.625. The van der Waals surface area contributed by atoms with Crippen LogP contribution in [0.25, 0.3) is 0 Å². The monoisotopic (exact) mass is 285 g/mol. The maximum absolute atomic E-state index is 13.5. The molecule has 0 bridgehead atoms. The second-order valence-corrected chi connectivity index (χ2v) is 5.76. The van der Waals surface area contributed by atoms with Crippen molar-refractivity contribution in [1.82, 2.24) is 5.32 Å². The second kappa shape index (κ2) is 7.86. The van der Waals surface area contributed by atoms with Crippen LogP contribution in [0.5, 0.6) is 0 Å². The largest absolute Gasteiger partial charge is 0.319 e. The summed E-state index contributed by atoms with van der Waals surface area (Å²) in [4.78, 5) is 0. The van der Waals surface area contributed by atoms with E-state index >= 15 is 0 Å². The number of hydrogen-bond donors (Lipinski definition) is 1. The third-order valence-electron chi connectivity index (χ3n) is 3.96. The van der Waals surface area contributed by atoms with Crippen molar-refractivity contribution < 1.29 is 4.39 Å². The third-order valence-corrected chi connectivity index (χ3v) is 4.38. The first-order valence-electron chi connectivity index (χ1n) is 7.16. The highest BCUT2D eigenvalue weighted by molar-refractivity contribution is 6.31. The zero-order chi connectivity index (χ0) is 14.3. The molecule has 0 aliphatic carbocycles. The molecule has 0 aliphatic heterocycles. The van der Waals surface area contributed by atoms with Crippen LogP contribution in [0.2, 0.25) is 5.02 Å². The minimum atomic E-state index is -0.316. The minimum absolute atomic E-state index is 0.169. The van der Waals surface area contributed by atoms with Gasteiger partial charge in [-0.1, -0.05) is 50.4 Å². The molecule has 108 valence electrons. The highest BCUT2D eigenvalue weighted by Gasteiger charge is 2.28. The molecular formula is C16H25ClFN. The number of rotatable bonds is 8. The third kappa shape index (κ3) is 4.47. The summed E-state index contributed by atoms with van der Waals surface area (Å²) >= 11 is 6.10. The number of halogens is 2. The molecule has 1 unspecified atom stereocenters. The fourth-order valence-electron chi connectivity index (χ4n) is 2.68. The van der Waals surface area contributed by atoms with Crippen LogP contribution >= 0.6 is 11.6 Å². The number of benzene rings is 1. The van der Waals surface area contributed by atoms with E-state index in [2.05, 4.69) is 19.2 Å². The van der Waals surface area contributed by atoms with Crippen molar-refractivity contribution in [2.24, 2.45) is 5.41 Å². The molecule has 3 heteroatoms. The van der Waals surface area contributed by atoms with Crippen LogP contribution in [0.4, 0.5) is 4.39 Å². The number of unbranched alkanes of at least 4 members (excludes halogenated alkanes) is 1. The standard InChI is InChI=1S/C16H25ClFN/c1-4-6-10-16(5-2,12-19-3)11-13-8-7-9-14(18)15(13)17/h7-9,19H,4-6,10-12H2,1-3H3. The molecular weight excluding hydrogens is 261 g/mol. The molecule has 0 radical (unpaired) electrons. The predicted octanol–water partition coefficient (Wildman–Crippen LogP) is 4.83. The summed E-state index contributed by atoms with van der Waals surface area (Å²) in [5.74, 6) is -0.316. The molecule has 0 spiro atoms. The molecule has 1 atom stereocenters. The lowest BCUT2D eigenvalue weighted by Crippen LogP contribution is -2.34. The van der Waals surface area contributed by atoms with Gasteiger partial charge in [0.1, 0.15) is 5.82 Å². The summed E-state index contributed by atoms with van der Waals surface area (Å²) in [5.41, 5.74) is 1.09. The lowest BCUT2D eigenvalue weighted by Gasteiger charge is -2.33. The van der Waals surface area contributed by atoms with Gasteiger partial charge in [-0.05, 0) is 43.4 Å². The van der Waals surface area contributed by atoms with E-state index in [9.17, 15) is 4.39 Å². The predicted molar refractivity (Wildman–Crippen MR) is 81.3 cm³/mol. The first-order chi connectivity index (χ1) is 9.08. The molecule has 19 heavy (non-hydrogen) atoms. The Balaban J connectivity index is 2.95. The fourth-order valence-corrected chi connectivity index (χ4v) is 2.87. The number of hydrogen-bond acceptors (Lipinski definition) is 1. The molecule has 1 nitrogen and oxygen atoms in total. The molecule has 1 N–H and O–H groups in total. The smallest absolute Gasteiger partial charge is 0.142 e. The Kier molecular flexibility index (Phi) is 6.81. The summed E-state index contributed by atoms with van der Waals surface area (Å²) in [6, 6.07) is 5.11. The SMILES string of the molecule is CCCCC(CC)(CNC)Cc1cccc(F)c1Cl. The van der Waals surface area contributed by atoms with Gasteiger partial charge >= 0.3 is 0 Å². The van der Waals surface area contributed by atoms with Crippen LogP contribution < -0.4 is 5.32 Å². The molecule has 0 saturated carbocycles. The van der Waals surface area contributed by atoms with Crippen LogP contribution in [0, 0.1) is 11.2 Å². The van der Waals surface area contributed by atoms with Gasteiger partial charge in [0, 0.05) is 6.54 Å². The zero-order valence-corrected chi connectivity index (χ0v) is 13.0. The van der Waals surface area contributed by atoms with Crippen molar-refractivity contribution in [2.75, 3.05) is 13.6 Å². The summed E-state index contributed by atoms with van der Waals surface area (Å²) in [7, 11) is 1.98. The van der Waals surface area contributed by atoms with Crippen LogP contribution in [0.3, 0.4) is 0 Å². The Morgan fingerprint density at radius 2 is 2.05 bits per heavy atom. The molecule has 0 aliphatic rings. The Hall–Kier alpha value is -0.600. The Labute approximate surface area is 121 Å². The quantitative estimate of drug-likeness (QED) is 0.721. The van der Waals surface area contributed by atoms with E-state index in [0.717, 1.165) is 31.4 Å². The Morgan fingerprint density at radius 1 is 1.32 bits per heavy atom. The molecule has 0 heterocycles. The van der Waals surface area contributed by atoms with Gasteiger partial charge in [0.05, 0.1) is 5.02 Å². The Bertz CT molecular complexity index is 394. The van der Waals surface area contributed by atoms with Gasteiger partial charge in [-0.3, -0.25) is 0 Å². The van der Waals surface area contributed by atoms with Gasteiger partial charge in [0.15, 0.2) is 0 Å². The van der Waals surface area contributed by atoms with E-state index in [4.69, 9.17) is 11.6 Å². The Morgan fingerprint density at radius 3 is 2.63 bits per heavy atom. The molecule has 1 rings (SSSR count). The van der Waals surface area contributed by atoms with Crippen molar-refractivity contribution in [1.29, 1.82) is 0 Å².